The van der Waals surface area contributed by atoms with E-state index in [1.54, 1.807) is 0 Å². The molecule has 0 fully saturated rings. The quantitative estimate of drug-likeness (QED) is 0.636. The van der Waals surface area contributed by atoms with Crippen molar-refractivity contribution < 1.29 is 4.79 Å². The molecule has 0 bridgehead atoms. The molecule has 116 valence electrons. The molecule has 22 heavy (non-hydrogen) atoms. The van der Waals surface area contributed by atoms with Crippen LogP contribution in [0.15, 0.2) is 43.2 Å². The van der Waals surface area contributed by atoms with Crippen LogP contribution in [0.2, 0.25) is 0 Å². The number of hydrogen-bond donors (Lipinski definition) is 1. The maximum atomic E-state index is 12.3. The van der Waals surface area contributed by atoms with Crippen LogP contribution in [0.3, 0.4) is 0 Å². The fraction of sp³-hybridized carbons (Fsp3) is 0.214. The standard InChI is InChI=1S/C14H14BrN3O3S/c1-17-12(16)11(13(20)18(2)14(17)21)10(19)7-22-9-5-3-8(15)4-6-9/h3-6H,7,16H2,1-2H3. The molecular formula is C14H14BrN3O3S. The molecule has 0 aliphatic rings. The Hall–Kier alpha value is -1.80. The summed E-state index contributed by atoms with van der Waals surface area (Å²) in [5.74, 6) is -0.435. The summed E-state index contributed by atoms with van der Waals surface area (Å²) in [6, 6.07) is 7.47. The van der Waals surface area contributed by atoms with Crippen molar-refractivity contribution in [2.45, 2.75) is 4.90 Å². The van der Waals surface area contributed by atoms with Crippen LogP contribution in [-0.4, -0.2) is 20.7 Å². The molecule has 8 heteroatoms. The topological polar surface area (TPSA) is 87.1 Å². The largest absolute Gasteiger partial charge is 0.384 e. The number of hydrogen-bond acceptors (Lipinski definition) is 5. The fourth-order valence-electron chi connectivity index (χ4n) is 1.87. The molecule has 6 nitrogen and oxygen atoms in total. The van der Waals surface area contributed by atoms with E-state index in [1.807, 2.05) is 24.3 Å². The number of nitrogens with zero attached hydrogens (tertiary/aromatic N) is 2. The molecule has 2 aromatic rings. The van der Waals surface area contributed by atoms with E-state index in [4.69, 9.17) is 5.73 Å². The average molecular weight is 384 g/mol. The number of nitrogens with two attached hydrogens (primary N) is 1. The summed E-state index contributed by atoms with van der Waals surface area (Å²) in [4.78, 5) is 37.0. The Morgan fingerprint density at radius 1 is 1.18 bits per heavy atom. The molecule has 0 atom stereocenters. The molecule has 1 heterocycles. The summed E-state index contributed by atoms with van der Waals surface area (Å²) in [5, 5.41) is 0. The molecule has 1 aromatic carbocycles. The van der Waals surface area contributed by atoms with Gasteiger partial charge in [-0.2, -0.15) is 0 Å². The Balaban J connectivity index is 2.29. The number of thioether (sulfide) groups is 1. The van der Waals surface area contributed by atoms with Crippen LogP contribution in [0.25, 0.3) is 0 Å². The van der Waals surface area contributed by atoms with Gasteiger partial charge in [0.25, 0.3) is 5.56 Å². The molecular weight excluding hydrogens is 370 g/mol. The van der Waals surface area contributed by atoms with E-state index >= 15 is 0 Å². The van der Waals surface area contributed by atoms with Crippen LogP contribution in [0, 0.1) is 0 Å². The zero-order chi connectivity index (χ0) is 16.4. The van der Waals surface area contributed by atoms with E-state index in [2.05, 4.69) is 15.9 Å². The first-order chi connectivity index (χ1) is 10.3. The van der Waals surface area contributed by atoms with Gasteiger partial charge in [-0.05, 0) is 24.3 Å². The third-order valence-corrected chi connectivity index (χ3v) is 4.71. The number of benzene rings is 1. The van der Waals surface area contributed by atoms with Crippen molar-refractivity contribution in [1.29, 1.82) is 0 Å². The lowest BCUT2D eigenvalue weighted by atomic mass is 10.2. The Labute approximate surface area is 139 Å². The number of Topliss-reactive ketones (excluding diaryl/α,β-unsaturated/α-hetero) is 1. The van der Waals surface area contributed by atoms with E-state index < -0.39 is 17.0 Å². The monoisotopic (exact) mass is 383 g/mol. The first kappa shape index (κ1) is 16.6. The minimum atomic E-state index is -0.665. The maximum Gasteiger partial charge on any atom is 0.332 e. The number of aromatic nitrogens is 2. The van der Waals surface area contributed by atoms with Crippen LogP contribution >= 0.6 is 27.7 Å². The Kier molecular flexibility index (Phi) is 4.92. The first-order valence-corrected chi connectivity index (χ1v) is 8.08. The van der Waals surface area contributed by atoms with Crippen LogP contribution in [0.4, 0.5) is 5.82 Å². The summed E-state index contributed by atoms with van der Waals surface area (Å²) in [6.07, 6.45) is 0. The molecule has 0 unspecified atom stereocenters. The van der Waals surface area contributed by atoms with Gasteiger partial charge in [0.15, 0.2) is 5.78 Å². The number of halogens is 1. The SMILES string of the molecule is Cn1c(N)c(C(=O)CSc2ccc(Br)cc2)c(=O)n(C)c1=O. The zero-order valence-corrected chi connectivity index (χ0v) is 14.4. The van der Waals surface area contributed by atoms with E-state index in [1.165, 1.54) is 25.9 Å². The van der Waals surface area contributed by atoms with Crippen molar-refractivity contribution in [3.63, 3.8) is 0 Å². The average Bonchev–Trinajstić information content (AvgIpc) is 2.50. The number of rotatable bonds is 4. The van der Waals surface area contributed by atoms with Crippen LogP contribution in [-0.2, 0) is 14.1 Å². The highest BCUT2D eigenvalue weighted by Gasteiger charge is 2.20. The molecule has 0 saturated heterocycles. The van der Waals surface area contributed by atoms with Crippen LogP contribution in [0.5, 0.6) is 0 Å². The van der Waals surface area contributed by atoms with E-state index in [0.29, 0.717) is 0 Å². The molecule has 0 aliphatic carbocycles. The highest BCUT2D eigenvalue weighted by molar-refractivity contribution is 9.10. The fourth-order valence-corrected chi connectivity index (χ4v) is 2.91. The summed E-state index contributed by atoms with van der Waals surface area (Å²) < 4.78 is 2.92. The van der Waals surface area contributed by atoms with Crippen molar-refractivity contribution >= 4 is 39.3 Å². The van der Waals surface area contributed by atoms with Crippen molar-refractivity contribution in [2.75, 3.05) is 11.5 Å². The molecule has 0 saturated carbocycles. The van der Waals surface area contributed by atoms with E-state index in [9.17, 15) is 14.4 Å². The second-order valence-electron chi connectivity index (χ2n) is 4.63. The molecule has 2 N–H and O–H groups in total. The number of anilines is 1. The molecule has 0 aliphatic heterocycles. The first-order valence-electron chi connectivity index (χ1n) is 6.30. The highest BCUT2D eigenvalue weighted by atomic mass is 79.9. The smallest absolute Gasteiger partial charge is 0.332 e. The molecule has 0 amide bonds. The summed E-state index contributed by atoms with van der Waals surface area (Å²) in [5.41, 5.74) is 4.39. The second kappa shape index (κ2) is 6.53. The van der Waals surface area contributed by atoms with Crippen LogP contribution in [0.1, 0.15) is 10.4 Å². The van der Waals surface area contributed by atoms with Gasteiger partial charge in [0.05, 0.1) is 5.75 Å². The van der Waals surface area contributed by atoms with Crippen molar-refractivity contribution in [1.82, 2.24) is 9.13 Å². The van der Waals surface area contributed by atoms with Gasteiger partial charge in [0, 0.05) is 23.5 Å². The molecule has 0 radical (unpaired) electrons. The third-order valence-electron chi connectivity index (χ3n) is 3.17. The van der Waals surface area contributed by atoms with Gasteiger partial charge in [-0.15, -0.1) is 11.8 Å². The van der Waals surface area contributed by atoms with Crippen molar-refractivity contribution in [2.24, 2.45) is 14.1 Å². The molecule has 0 spiro atoms. The Morgan fingerprint density at radius 3 is 2.36 bits per heavy atom. The predicted octanol–water partition coefficient (Wildman–Crippen LogP) is 1.40. The second-order valence-corrected chi connectivity index (χ2v) is 6.60. The third kappa shape index (κ3) is 3.17. The summed E-state index contributed by atoms with van der Waals surface area (Å²) >= 11 is 4.64. The molecule has 1 aromatic heterocycles. The minimum absolute atomic E-state index is 0.0687. The van der Waals surface area contributed by atoms with Gasteiger partial charge >= 0.3 is 5.69 Å². The van der Waals surface area contributed by atoms with Gasteiger partial charge in [0.1, 0.15) is 11.4 Å². The number of nitrogen functional groups attached to an aromatic ring is 1. The Bertz CT molecular complexity index is 840. The Morgan fingerprint density at radius 2 is 1.77 bits per heavy atom. The lowest BCUT2D eigenvalue weighted by Gasteiger charge is -2.10. The minimum Gasteiger partial charge on any atom is -0.384 e. The summed E-state index contributed by atoms with van der Waals surface area (Å²) in [7, 11) is 2.75. The van der Waals surface area contributed by atoms with Gasteiger partial charge in [0.2, 0.25) is 0 Å². The predicted molar refractivity (Wildman–Crippen MR) is 90.5 cm³/mol. The number of carbonyl (C=O) groups excluding carboxylic acids is 1. The van der Waals surface area contributed by atoms with Crippen molar-refractivity contribution in [3.8, 4) is 0 Å². The lowest BCUT2D eigenvalue weighted by Crippen LogP contribution is -2.41. The van der Waals surface area contributed by atoms with Gasteiger partial charge in [-0.1, -0.05) is 15.9 Å². The normalized spacial score (nSPS) is 10.7. The lowest BCUT2D eigenvalue weighted by molar-refractivity contribution is 0.102. The van der Waals surface area contributed by atoms with Crippen molar-refractivity contribution in [3.05, 3.63) is 55.1 Å². The number of carbonyl (C=O) groups is 1. The maximum absolute atomic E-state index is 12.3. The van der Waals surface area contributed by atoms with E-state index in [0.717, 1.165) is 18.5 Å². The zero-order valence-electron chi connectivity index (χ0n) is 12.0. The summed E-state index contributed by atoms with van der Waals surface area (Å²) in [6.45, 7) is 0. The molecule has 2 rings (SSSR count). The number of ketones is 1. The van der Waals surface area contributed by atoms with Gasteiger partial charge < -0.3 is 5.73 Å². The highest BCUT2D eigenvalue weighted by Crippen LogP contribution is 2.21. The van der Waals surface area contributed by atoms with Gasteiger partial charge in [-0.25, -0.2) is 4.79 Å². The van der Waals surface area contributed by atoms with E-state index in [-0.39, 0.29) is 17.1 Å². The van der Waals surface area contributed by atoms with Gasteiger partial charge in [-0.3, -0.25) is 18.7 Å². The van der Waals surface area contributed by atoms with Crippen LogP contribution < -0.4 is 17.0 Å².